The molecule has 0 fully saturated rings. The van der Waals surface area contributed by atoms with Crippen molar-refractivity contribution in [2.45, 2.75) is 25.8 Å². The third kappa shape index (κ3) is 2.10. The smallest absolute Gasteiger partial charge is 0.329 e. The van der Waals surface area contributed by atoms with Gasteiger partial charge in [-0.2, -0.15) is 4.37 Å². The Morgan fingerprint density at radius 3 is 2.88 bits per heavy atom. The van der Waals surface area contributed by atoms with E-state index in [0.29, 0.717) is 6.42 Å². The van der Waals surface area contributed by atoms with Crippen molar-refractivity contribution in [3.05, 3.63) is 24.3 Å². The summed E-state index contributed by atoms with van der Waals surface area (Å²) >= 11 is 1.30. The van der Waals surface area contributed by atoms with Crippen molar-refractivity contribution in [1.82, 2.24) is 4.37 Å². The fourth-order valence-electron chi connectivity index (χ4n) is 1.52. The molecule has 2 aromatic rings. The lowest BCUT2D eigenvalue weighted by molar-refractivity contribution is -0.141. The summed E-state index contributed by atoms with van der Waals surface area (Å²) in [4.78, 5) is 11.2. The molecule has 90 valence electrons. The second-order valence-corrected chi connectivity index (χ2v) is 4.92. The highest BCUT2D eigenvalue weighted by Crippen LogP contribution is 2.30. The topological polar surface area (TPSA) is 62.2 Å². The zero-order chi connectivity index (χ0) is 12.5. The average molecular weight is 250 g/mol. The van der Waals surface area contributed by atoms with Gasteiger partial charge >= 0.3 is 5.97 Å². The van der Waals surface area contributed by atoms with Crippen LogP contribution in [0.4, 0.5) is 5.00 Å². The monoisotopic (exact) mass is 250 g/mol. The van der Waals surface area contributed by atoms with Crippen molar-refractivity contribution in [2.24, 2.45) is 0 Å². The van der Waals surface area contributed by atoms with Gasteiger partial charge < -0.3 is 10.4 Å². The van der Waals surface area contributed by atoms with Gasteiger partial charge in [-0.1, -0.05) is 19.1 Å². The Morgan fingerprint density at radius 2 is 2.24 bits per heavy atom. The Kier molecular flexibility index (Phi) is 3.02. The van der Waals surface area contributed by atoms with E-state index in [1.165, 1.54) is 11.5 Å². The SMILES string of the molecule is CCC(C)(Nc1snc2ccccc12)C(=O)O. The molecule has 1 heterocycles. The lowest BCUT2D eigenvalue weighted by Crippen LogP contribution is -2.42. The van der Waals surface area contributed by atoms with Crippen molar-refractivity contribution in [1.29, 1.82) is 0 Å². The molecule has 5 heteroatoms. The van der Waals surface area contributed by atoms with Crippen LogP contribution >= 0.6 is 11.5 Å². The van der Waals surface area contributed by atoms with Crippen LogP contribution in [0.3, 0.4) is 0 Å². The summed E-state index contributed by atoms with van der Waals surface area (Å²) in [6.07, 6.45) is 0.508. The molecule has 0 bridgehead atoms. The molecule has 0 saturated heterocycles. The van der Waals surface area contributed by atoms with Crippen molar-refractivity contribution < 1.29 is 9.90 Å². The predicted octanol–water partition coefficient (Wildman–Crippen LogP) is 2.96. The predicted molar refractivity (Wildman–Crippen MR) is 69.6 cm³/mol. The Hall–Kier alpha value is -1.62. The second-order valence-electron chi connectivity index (χ2n) is 4.14. The molecule has 1 aromatic heterocycles. The molecule has 0 aliphatic heterocycles. The number of fused-ring (bicyclic) bond motifs is 1. The fourth-order valence-corrected chi connectivity index (χ4v) is 2.41. The maximum atomic E-state index is 11.2. The molecule has 0 aliphatic carbocycles. The summed E-state index contributed by atoms with van der Waals surface area (Å²) in [6.45, 7) is 3.54. The van der Waals surface area contributed by atoms with Gasteiger partial charge in [-0.3, -0.25) is 0 Å². The van der Waals surface area contributed by atoms with Crippen molar-refractivity contribution in [3.8, 4) is 0 Å². The summed E-state index contributed by atoms with van der Waals surface area (Å²) in [6, 6.07) is 7.70. The van der Waals surface area contributed by atoms with E-state index in [4.69, 9.17) is 0 Å². The normalized spacial score (nSPS) is 14.5. The van der Waals surface area contributed by atoms with Crippen molar-refractivity contribution >= 4 is 33.4 Å². The minimum Gasteiger partial charge on any atom is -0.480 e. The van der Waals surface area contributed by atoms with Crippen LogP contribution < -0.4 is 5.32 Å². The van der Waals surface area contributed by atoms with Gasteiger partial charge in [0.1, 0.15) is 10.5 Å². The Bertz CT molecular complexity index is 552. The summed E-state index contributed by atoms with van der Waals surface area (Å²) in [7, 11) is 0. The Labute approximate surface area is 103 Å². The number of anilines is 1. The molecule has 0 aliphatic rings. The van der Waals surface area contributed by atoms with Gasteiger partial charge in [0.15, 0.2) is 0 Å². The largest absolute Gasteiger partial charge is 0.480 e. The van der Waals surface area contributed by atoms with Crippen LogP contribution in [-0.4, -0.2) is 21.0 Å². The number of carboxylic acid groups (broad SMARTS) is 1. The first-order valence-electron chi connectivity index (χ1n) is 5.43. The minimum absolute atomic E-state index is 0.508. The lowest BCUT2D eigenvalue weighted by atomic mass is 9.99. The molecule has 2 N–H and O–H groups in total. The highest BCUT2D eigenvalue weighted by molar-refractivity contribution is 7.11. The number of carbonyl (C=O) groups is 1. The molecule has 17 heavy (non-hydrogen) atoms. The summed E-state index contributed by atoms with van der Waals surface area (Å²) in [5, 5.41) is 14.1. The molecule has 4 nitrogen and oxygen atoms in total. The molecule has 0 radical (unpaired) electrons. The zero-order valence-electron chi connectivity index (χ0n) is 9.73. The minimum atomic E-state index is -0.949. The molecule has 0 amide bonds. The van der Waals surface area contributed by atoms with Crippen molar-refractivity contribution in [2.75, 3.05) is 5.32 Å². The van der Waals surface area contributed by atoms with Crippen LogP contribution in [0.5, 0.6) is 0 Å². The van der Waals surface area contributed by atoms with Gasteiger partial charge in [0.25, 0.3) is 0 Å². The van der Waals surface area contributed by atoms with E-state index in [1.807, 2.05) is 31.2 Å². The summed E-state index contributed by atoms with van der Waals surface area (Å²) in [5.41, 5.74) is -0.0567. The molecule has 0 saturated carbocycles. The third-order valence-corrected chi connectivity index (χ3v) is 3.75. The second kappa shape index (κ2) is 4.33. The van der Waals surface area contributed by atoms with Crippen LogP contribution in [0.15, 0.2) is 24.3 Å². The first-order chi connectivity index (χ1) is 8.07. The number of carboxylic acids is 1. The number of nitrogens with zero attached hydrogens (tertiary/aromatic N) is 1. The Morgan fingerprint density at radius 1 is 1.53 bits per heavy atom. The van der Waals surface area contributed by atoms with E-state index in [1.54, 1.807) is 6.92 Å². The Balaban J connectivity index is 2.38. The maximum Gasteiger partial charge on any atom is 0.329 e. The number of hydrogen-bond donors (Lipinski definition) is 2. The van der Waals surface area contributed by atoms with E-state index >= 15 is 0 Å². The van der Waals surface area contributed by atoms with Crippen molar-refractivity contribution in [3.63, 3.8) is 0 Å². The van der Waals surface area contributed by atoms with Gasteiger partial charge in [-0.15, -0.1) is 0 Å². The number of nitrogens with one attached hydrogen (secondary N) is 1. The van der Waals surface area contributed by atoms with Gasteiger partial charge in [-0.05, 0) is 37.0 Å². The molecular weight excluding hydrogens is 236 g/mol. The van der Waals surface area contributed by atoms with Crippen LogP contribution in [-0.2, 0) is 4.79 Å². The first kappa shape index (κ1) is 11.9. The van der Waals surface area contributed by atoms with E-state index in [0.717, 1.165) is 15.9 Å². The maximum absolute atomic E-state index is 11.2. The number of aromatic nitrogens is 1. The molecule has 2 rings (SSSR count). The van der Waals surface area contributed by atoms with Crippen LogP contribution in [0.25, 0.3) is 10.9 Å². The van der Waals surface area contributed by atoms with Gasteiger partial charge in [0.2, 0.25) is 0 Å². The molecule has 1 atom stereocenters. The zero-order valence-corrected chi connectivity index (χ0v) is 10.5. The fraction of sp³-hybridized carbons (Fsp3) is 0.333. The standard InChI is InChI=1S/C12H14N2O2S/c1-3-12(2,11(15)16)13-10-8-6-4-5-7-9(8)14-17-10/h4-7,13H,3H2,1-2H3,(H,15,16). The summed E-state index contributed by atoms with van der Waals surface area (Å²) in [5.74, 6) is -0.850. The number of rotatable bonds is 4. The van der Waals surface area contributed by atoms with E-state index in [-0.39, 0.29) is 0 Å². The lowest BCUT2D eigenvalue weighted by Gasteiger charge is -2.24. The number of hydrogen-bond acceptors (Lipinski definition) is 4. The highest BCUT2D eigenvalue weighted by atomic mass is 32.1. The van der Waals surface area contributed by atoms with E-state index in [2.05, 4.69) is 9.69 Å². The highest BCUT2D eigenvalue weighted by Gasteiger charge is 2.31. The quantitative estimate of drug-likeness (QED) is 0.875. The third-order valence-electron chi connectivity index (χ3n) is 2.95. The molecular formula is C12H14N2O2S. The van der Waals surface area contributed by atoms with Crippen LogP contribution in [0.2, 0.25) is 0 Å². The molecule has 1 unspecified atom stereocenters. The first-order valence-corrected chi connectivity index (χ1v) is 6.20. The number of aliphatic carboxylic acids is 1. The summed E-state index contributed by atoms with van der Waals surface area (Å²) < 4.78 is 4.28. The van der Waals surface area contributed by atoms with Gasteiger partial charge in [0.05, 0.1) is 5.52 Å². The van der Waals surface area contributed by atoms with Gasteiger partial charge in [-0.25, -0.2) is 4.79 Å². The van der Waals surface area contributed by atoms with E-state index < -0.39 is 11.5 Å². The molecule has 1 aromatic carbocycles. The molecule has 0 spiro atoms. The number of benzene rings is 1. The average Bonchev–Trinajstić information content (AvgIpc) is 2.72. The van der Waals surface area contributed by atoms with Crippen LogP contribution in [0.1, 0.15) is 20.3 Å². The van der Waals surface area contributed by atoms with Gasteiger partial charge in [0, 0.05) is 5.39 Å². The van der Waals surface area contributed by atoms with E-state index in [9.17, 15) is 9.90 Å². The van der Waals surface area contributed by atoms with Crippen LogP contribution in [0, 0.1) is 0 Å².